The van der Waals surface area contributed by atoms with Crippen LogP contribution in [-0.2, 0) is 17.6 Å². The Kier molecular flexibility index (Phi) is 4.84. The maximum absolute atomic E-state index is 11.8. The van der Waals surface area contributed by atoms with Crippen LogP contribution in [0.2, 0.25) is 0 Å². The second-order valence-corrected chi connectivity index (χ2v) is 5.33. The third kappa shape index (κ3) is 4.30. The molecule has 0 aliphatic heterocycles. The molecule has 0 spiro atoms. The lowest BCUT2D eigenvalue weighted by atomic mass is 10.0. The maximum atomic E-state index is 11.8. The van der Waals surface area contributed by atoms with Gasteiger partial charge in [0.15, 0.2) is 0 Å². The zero-order chi connectivity index (χ0) is 15.9. The van der Waals surface area contributed by atoms with E-state index in [0.29, 0.717) is 12.2 Å². The number of hydrogen-bond acceptors (Lipinski definition) is 3. The molecule has 0 saturated carbocycles. The van der Waals surface area contributed by atoms with Crippen molar-refractivity contribution >= 4 is 5.91 Å². The number of nitrogens with one attached hydrogen (secondary N) is 1. The van der Waals surface area contributed by atoms with Crippen LogP contribution in [0.5, 0.6) is 0 Å². The number of rotatable bonds is 6. The number of aromatic nitrogens is 1. The van der Waals surface area contributed by atoms with Gasteiger partial charge in [-0.2, -0.15) is 0 Å². The molecule has 0 aliphatic rings. The minimum atomic E-state index is -0.0434. The van der Waals surface area contributed by atoms with Gasteiger partial charge in [-0.15, -0.1) is 0 Å². The summed E-state index contributed by atoms with van der Waals surface area (Å²) in [5, 5.41) is 6.64. The highest BCUT2D eigenvalue weighted by molar-refractivity contribution is 5.78. The fourth-order valence-electron chi connectivity index (χ4n) is 2.44. The Hall–Kier alpha value is -2.88. The predicted octanol–water partition coefficient (Wildman–Crippen LogP) is 3.24. The van der Waals surface area contributed by atoms with Crippen molar-refractivity contribution in [1.29, 1.82) is 0 Å². The summed E-state index contributed by atoms with van der Waals surface area (Å²) in [6.07, 6.45) is 2.52. The van der Waals surface area contributed by atoms with Crippen LogP contribution >= 0.6 is 0 Å². The van der Waals surface area contributed by atoms with Gasteiger partial charge in [0.25, 0.3) is 0 Å². The van der Waals surface area contributed by atoms with E-state index in [0.717, 1.165) is 6.42 Å². The Bertz CT molecular complexity index is 752. The van der Waals surface area contributed by atoms with E-state index in [4.69, 9.17) is 4.52 Å². The molecule has 0 radical (unpaired) electrons. The molecule has 116 valence electrons. The van der Waals surface area contributed by atoms with Gasteiger partial charge in [0.05, 0.1) is 12.1 Å². The molecule has 0 saturated heterocycles. The average molecular weight is 306 g/mol. The van der Waals surface area contributed by atoms with Crippen molar-refractivity contribution in [1.82, 2.24) is 10.5 Å². The van der Waals surface area contributed by atoms with Gasteiger partial charge < -0.3 is 9.84 Å². The van der Waals surface area contributed by atoms with Crippen molar-refractivity contribution in [2.75, 3.05) is 6.54 Å². The molecule has 0 fully saturated rings. The summed E-state index contributed by atoms with van der Waals surface area (Å²) in [4.78, 5) is 11.8. The summed E-state index contributed by atoms with van der Waals surface area (Å²) in [6, 6.07) is 20.4. The lowest BCUT2D eigenvalue weighted by Gasteiger charge is -2.07. The normalized spacial score (nSPS) is 10.4. The number of carbonyl (C=O) groups is 1. The van der Waals surface area contributed by atoms with Crippen molar-refractivity contribution in [3.8, 4) is 11.1 Å². The molecule has 0 atom stereocenters. The van der Waals surface area contributed by atoms with Crippen molar-refractivity contribution < 1.29 is 9.32 Å². The first kappa shape index (κ1) is 15.0. The average Bonchev–Trinajstić information content (AvgIpc) is 3.09. The quantitative estimate of drug-likeness (QED) is 0.760. The maximum Gasteiger partial charge on any atom is 0.226 e. The van der Waals surface area contributed by atoms with Gasteiger partial charge in [-0.3, -0.25) is 4.79 Å². The molecule has 0 unspecified atom stereocenters. The summed E-state index contributed by atoms with van der Waals surface area (Å²) in [5.41, 5.74) is 4.24. The number of amides is 1. The summed E-state index contributed by atoms with van der Waals surface area (Å²) < 4.78 is 4.71. The Labute approximate surface area is 135 Å². The first-order valence-electron chi connectivity index (χ1n) is 7.61. The molecule has 1 heterocycles. The Balaban J connectivity index is 1.53. The topological polar surface area (TPSA) is 55.1 Å². The molecule has 3 rings (SSSR count). The smallest absolute Gasteiger partial charge is 0.226 e. The van der Waals surface area contributed by atoms with Gasteiger partial charge in [0, 0.05) is 12.6 Å². The molecule has 1 amide bonds. The van der Waals surface area contributed by atoms with Gasteiger partial charge >= 0.3 is 0 Å². The lowest BCUT2D eigenvalue weighted by Crippen LogP contribution is -2.27. The van der Waals surface area contributed by atoms with Gasteiger partial charge in [-0.25, -0.2) is 0 Å². The van der Waals surface area contributed by atoms with E-state index in [2.05, 4.69) is 46.9 Å². The van der Waals surface area contributed by atoms with Crippen molar-refractivity contribution in [3.05, 3.63) is 78.2 Å². The summed E-state index contributed by atoms with van der Waals surface area (Å²) in [5.74, 6) is -0.0434. The van der Waals surface area contributed by atoms with Crippen molar-refractivity contribution in [2.45, 2.75) is 12.8 Å². The molecule has 23 heavy (non-hydrogen) atoms. The molecule has 0 bridgehead atoms. The van der Waals surface area contributed by atoms with E-state index in [1.165, 1.54) is 23.0 Å². The second-order valence-electron chi connectivity index (χ2n) is 5.33. The van der Waals surface area contributed by atoms with Crippen LogP contribution in [0.3, 0.4) is 0 Å². The zero-order valence-corrected chi connectivity index (χ0v) is 12.7. The van der Waals surface area contributed by atoms with Gasteiger partial charge in [-0.05, 0) is 23.1 Å². The zero-order valence-electron chi connectivity index (χ0n) is 12.7. The minimum absolute atomic E-state index is 0.0434. The van der Waals surface area contributed by atoms with Gasteiger partial charge in [0.2, 0.25) is 5.91 Å². The summed E-state index contributed by atoms with van der Waals surface area (Å²) in [7, 11) is 0. The molecular weight excluding hydrogens is 288 g/mol. The van der Waals surface area contributed by atoms with Gasteiger partial charge in [0.1, 0.15) is 6.26 Å². The number of hydrogen-bond donors (Lipinski definition) is 1. The van der Waals surface area contributed by atoms with E-state index in [-0.39, 0.29) is 12.3 Å². The monoisotopic (exact) mass is 306 g/mol. The number of benzene rings is 2. The highest BCUT2D eigenvalue weighted by atomic mass is 16.5. The fraction of sp³-hybridized carbons (Fsp3) is 0.158. The van der Waals surface area contributed by atoms with E-state index in [1.807, 2.05) is 18.2 Å². The number of nitrogens with zero attached hydrogens (tertiary/aromatic N) is 1. The van der Waals surface area contributed by atoms with Crippen molar-refractivity contribution in [3.63, 3.8) is 0 Å². The standard InChI is InChI=1S/C19H18N2O2/c22-19(14-18-10-12-23-21-18)20-11-9-15-5-4-8-17(13-15)16-6-2-1-3-7-16/h1-8,10,12-13H,9,11,14H2,(H,20,22). The molecule has 3 aromatic rings. The molecule has 0 aliphatic carbocycles. The molecule has 4 heteroatoms. The first-order chi connectivity index (χ1) is 11.3. The summed E-state index contributed by atoms with van der Waals surface area (Å²) in [6.45, 7) is 0.606. The third-order valence-electron chi connectivity index (χ3n) is 3.60. The summed E-state index contributed by atoms with van der Waals surface area (Å²) >= 11 is 0. The Morgan fingerprint density at radius 2 is 1.83 bits per heavy atom. The van der Waals surface area contributed by atoms with Crippen LogP contribution in [-0.4, -0.2) is 17.6 Å². The van der Waals surface area contributed by atoms with E-state index < -0.39 is 0 Å². The minimum Gasteiger partial charge on any atom is -0.364 e. The Morgan fingerprint density at radius 1 is 1.00 bits per heavy atom. The lowest BCUT2D eigenvalue weighted by molar-refractivity contribution is -0.120. The first-order valence-corrected chi connectivity index (χ1v) is 7.61. The largest absolute Gasteiger partial charge is 0.364 e. The highest BCUT2D eigenvalue weighted by Gasteiger charge is 2.05. The third-order valence-corrected chi connectivity index (χ3v) is 3.60. The molecule has 1 N–H and O–H groups in total. The molecule has 1 aromatic heterocycles. The SMILES string of the molecule is O=C(Cc1ccon1)NCCc1cccc(-c2ccccc2)c1. The van der Waals surface area contributed by atoms with Crippen molar-refractivity contribution in [2.24, 2.45) is 0 Å². The second kappa shape index (κ2) is 7.40. The molecule has 2 aromatic carbocycles. The molecule has 4 nitrogen and oxygen atoms in total. The van der Waals surface area contributed by atoms with Crippen LogP contribution in [0, 0.1) is 0 Å². The molecular formula is C19H18N2O2. The van der Waals surface area contributed by atoms with Crippen LogP contribution < -0.4 is 5.32 Å². The number of carbonyl (C=O) groups excluding carboxylic acids is 1. The van der Waals surface area contributed by atoms with E-state index >= 15 is 0 Å². The van der Waals surface area contributed by atoms with Crippen LogP contribution in [0.1, 0.15) is 11.3 Å². The van der Waals surface area contributed by atoms with Crippen LogP contribution in [0.15, 0.2) is 71.4 Å². The predicted molar refractivity (Wildman–Crippen MR) is 88.8 cm³/mol. The highest BCUT2D eigenvalue weighted by Crippen LogP contribution is 2.20. The fourth-order valence-corrected chi connectivity index (χ4v) is 2.44. The van der Waals surface area contributed by atoms with Crippen LogP contribution in [0.25, 0.3) is 11.1 Å². The van der Waals surface area contributed by atoms with Crippen LogP contribution in [0.4, 0.5) is 0 Å². The Morgan fingerprint density at radius 3 is 2.61 bits per heavy atom. The van der Waals surface area contributed by atoms with E-state index in [1.54, 1.807) is 6.07 Å². The van der Waals surface area contributed by atoms with E-state index in [9.17, 15) is 4.79 Å². The van der Waals surface area contributed by atoms with Gasteiger partial charge in [-0.1, -0.05) is 59.8 Å².